The van der Waals surface area contributed by atoms with Gasteiger partial charge >= 0.3 is 0 Å². The lowest BCUT2D eigenvalue weighted by molar-refractivity contribution is 0.353. The van der Waals surface area contributed by atoms with E-state index in [1.54, 1.807) is 14.2 Å². The van der Waals surface area contributed by atoms with Crippen LogP contribution in [0.1, 0.15) is 39.2 Å². The summed E-state index contributed by atoms with van der Waals surface area (Å²) in [6, 6.07) is 6.11. The second-order valence-corrected chi connectivity index (χ2v) is 6.82. The third-order valence-corrected chi connectivity index (χ3v) is 4.53. The van der Waals surface area contributed by atoms with Crippen LogP contribution < -0.4 is 14.8 Å². The molecule has 1 heterocycles. The molecule has 0 amide bonds. The Morgan fingerprint density at radius 2 is 1.83 bits per heavy atom. The molecule has 1 aliphatic heterocycles. The molecule has 0 saturated carbocycles. The molecule has 1 saturated heterocycles. The number of nitrogens with zero attached hydrogens (tertiary/aromatic N) is 2. The first kappa shape index (κ1) is 18.4. The number of likely N-dealkylation sites (tertiary alicyclic amines) is 1. The number of methoxy groups -OCH3 is 2. The smallest absolute Gasteiger partial charge is 0.193 e. The molecule has 1 aliphatic rings. The van der Waals surface area contributed by atoms with Gasteiger partial charge in [-0.3, -0.25) is 4.99 Å². The highest BCUT2D eigenvalue weighted by atomic mass is 16.5. The third-order valence-electron chi connectivity index (χ3n) is 4.53. The standard InChI is InChI=1S/C19H31N3O2/c1-6-20-18(22-11-7-8-12-22)21-14-19(2,3)15-9-10-16(23-4)17(13-15)24-5/h9-10,13H,6-8,11-12,14H2,1-5H3,(H,20,21). The molecule has 1 aromatic rings. The van der Waals surface area contributed by atoms with Crippen molar-refractivity contribution >= 4 is 5.96 Å². The molecule has 0 unspecified atom stereocenters. The van der Waals surface area contributed by atoms with Crippen LogP contribution in [0.3, 0.4) is 0 Å². The van der Waals surface area contributed by atoms with E-state index in [1.165, 1.54) is 18.4 Å². The average molecular weight is 333 g/mol. The monoisotopic (exact) mass is 333 g/mol. The molecule has 5 heteroatoms. The first-order valence-corrected chi connectivity index (χ1v) is 8.77. The summed E-state index contributed by atoms with van der Waals surface area (Å²) in [7, 11) is 3.33. The highest BCUT2D eigenvalue weighted by Gasteiger charge is 2.23. The molecule has 1 aromatic carbocycles. The zero-order chi connectivity index (χ0) is 17.6. The van der Waals surface area contributed by atoms with Crippen molar-refractivity contribution in [3.8, 4) is 11.5 Å². The van der Waals surface area contributed by atoms with Crippen molar-refractivity contribution in [2.75, 3.05) is 40.4 Å². The number of rotatable bonds is 6. The van der Waals surface area contributed by atoms with Crippen molar-refractivity contribution in [1.29, 1.82) is 0 Å². The van der Waals surface area contributed by atoms with Crippen LogP contribution in [-0.4, -0.2) is 51.3 Å². The summed E-state index contributed by atoms with van der Waals surface area (Å²) in [5.41, 5.74) is 1.11. The lowest BCUT2D eigenvalue weighted by Crippen LogP contribution is -2.40. The van der Waals surface area contributed by atoms with Crippen LogP contribution in [0.15, 0.2) is 23.2 Å². The predicted octanol–water partition coefficient (Wildman–Crippen LogP) is 3.04. The molecule has 0 aliphatic carbocycles. The van der Waals surface area contributed by atoms with Gasteiger partial charge in [-0.05, 0) is 37.5 Å². The van der Waals surface area contributed by atoms with E-state index >= 15 is 0 Å². The van der Waals surface area contributed by atoms with Crippen molar-refractivity contribution in [3.63, 3.8) is 0 Å². The number of benzene rings is 1. The van der Waals surface area contributed by atoms with Gasteiger partial charge in [0.05, 0.1) is 20.8 Å². The summed E-state index contributed by atoms with van der Waals surface area (Å²) in [6.07, 6.45) is 2.51. The summed E-state index contributed by atoms with van der Waals surface area (Å²) in [5, 5.41) is 3.42. The molecule has 0 atom stereocenters. The highest BCUT2D eigenvalue weighted by Crippen LogP contribution is 2.33. The Balaban J connectivity index is 2.17. The number of hydrogen-bond donors (Lipinski definition) is 1. The van der Waals surface area contributed by atoms with Crippen molar-refractivity contribution in [2.45, 2.75) is 39.0 Å². The van der Waals surface area contributed by atoms with Crippen LogP contribution in [0.2, 0.25) is 0 Å². The predicted molar refractivity (Wildman–Crippen MR) is 99.4 cm³/mol. The lowest BCUT2D eigenvalue weighted by Gasteiger charge is -2.27. The molecule has 0 bridgehead atoms. The van der Waals surface area contributed by atoms with Crippen LogP contribution in [0.5, 0.6) is 11.5 Å². The topological polar surface area (TPSA) is 46.1 Å². The van der Waals surface area contributed by atoms with E-state index in [2.05, 4.69) is 43.1 Å². The minimum atomic E-state index is -0.0834. The van der Waals surface area contributed by atoms with Crippen LogP contribution in [0.25, 0.3) is 0 Å². The molecule has 0 radical (unpaired) electrons. The number of hydrogen-bond acceptors (Lipinski definition) is 3. The van der Waals surface area contributed by atoms with E-state index in [9.17, 15) is 0 Å². The van der Waals surface area contributed by atoms with E-state index in [0.29, 0.717) is 0 Å². The first-order chi connectivity index (χ1) is 11.5. The normalized spacial score (nSPS) is 15.5. The molecule has 1 fully saturated rings. The van der Waals surface area contributed by atoms with Crippen LogP contribution in [0, 0.1) is 0 Å². The van der Waals surface area contributed by atoms with E-state index in [1.807, 2.05) is 6.07 Å². The molecule has 0 spiro atoms. The molecule has 5 nitrogen and oxygen atoms in total. The van der Waals surface area contributed by atoms with E-state index in [4.69, 9.17) is 14.5 Å². The second kappa shape index (κ2) is 8.27. The van der Waals surface area contributed by atoms with E-state index in [-0.39, 0.29) is 5.41 Å². The van der Waals surface area contributed by atoms with Crippen molar-refractivity contribution < 1.29 is 9.47 Å². The molecule has 1 N–H and O–H groups in total. The Kier molecular flexibility index (Phi) is 6.35. The van der Waals surface area contributed by atoms with Gasteiger partial charge in [0.2, 0.25) is 0 Å². The fourth-order valence-corrected chi connectivity index (χ4v) is 2.98. The van der Waals surface area contributed by atoms with Crippen molar-refractivity contribution in [1.82, 2.24) is 10.2 Å². The number of ether oxygens (including phenoxy) is 2. The Hall–Kier alpha value is -1.91. The number of aliphatic imine (C=N–C) groups is 1. The Morgan fingerprint density at radius 3 is 2.42 bits per heavy atom. The van der Waals surface area contributed by atoms with Crippen molar-refractivity contribution in [2.24, 2.45) is 4.99 Å². The molecule has 134 valence electrons. The van der Waals surface area contributed by atoms with Gasteiger partial charge in [-0.15, -0.1) is 0 Å². The molecule has 0 aromatic heterocycles. The van der Waals surface area contributed by atoms with Gasteiger partial charge in [0.15, 0.2) is 17.5 Å². The molecule has 2 rings (SSSR count). The highest BCUT2D eigenvalue weighted by molar-refractivity contribution is 5.80. The minimum absolute atomic E-state index is 0.0834. The van der Waals surface area contributed by atoms with Crippen molar-refractivity contribution in [3.05, 3.63) is 23.8 Å². The van der Waals surface area contributed by atoms with Gasteiger partial charge in [0.1, 0.15) is 0 Å². The molecular weight excluding hydrogens is 302 g/mol. The minimum Gasteiger partial charge on any atom is -0.493 e. The molecular formula is C19H31N3O2. The summed E-state index contributed by atoms with van der Waals surface area (Å²) in [5.74, 6) is 2.55. The number of guanidine groups is 1. The van der Waals surface area contributed by atoms with E-state index < -0.39 is 0 Å². The number of nitrogens with one attached hydrogen (secondary N) is 1. The molecule has 24 heavy (non-hydrogen) atoms. The first-order valence-electron chi connectivity index (χ1n) is 8.77. The zero-order valence-corrected chi connectivity index (χ0v) is 15.7. The van der Waals surface area contributed by atoms with Gasteiger partial charge < -0.3 is 19.7 Å². The SMILES string of the molecule is CCNC(=NCC(C)(C)c1ccc(OC)c(OC)c1)N1CCCC1. The Morgan fingerprint density at radius 1 is 1.17 bits per heavy atom. The largest absolute Gasteiger partial charge is 0.493 e. The summed E-state index contributed by atoms with van der Waals surface area (Å²) >= 11 is 0. The van der Waals surface area contributed by atoms with Crippen LogP contribution in [-0.2, 0) is 5.41 Å². The van der Waals surface area contributed by atoms with Gasteiger partial charge in [0, 0.05) is 25.0 Å². The summed E-state index contributed by atoms with van der Waals surface area (Å²) < 4.78 is 10.8. The summed E-state index contributed by atoms with van der Waals surface area (Å²) in [6.45, 7) is 10.4. The summed E-state index contributed by atoms with van der Waals surface area (Å²) in [4.78, 5) is 7.26. The zero-order valence-electron chi connectivity index (χ0n) is 15.7. The van der Waals surface area contributed by atoms with Gasteiger partial charge in [-0.2, -0.15) is 0 Å². The quantitative estimate of drug-likeness (QED) is 0.642. The van der Waals surface area contributed by atoms with Gasteiger partial charge in [-0.25, -0.2) is 0 Å². The van der Waals surface area contributed by atoms with Gasteiger partial charge in [0.25, 0.3) is 0 Å². The Bertz CT molecular complexity index is 564. The average Bonchev–Trinajstić information content (AvgIpc) is 3.12. The maximum atomic E-state index is 5.44. The lowest BCUT2D eigenvalue weighted by atomic mass is 9.84. The second-order valence-electron chi connectivity index (χ2n) is 6.82. The fourth-order valence-electron chi connectivity index (χ4n) is 2.98. The van der Waals surface area contributed by atoms with E-state index in [0.717, 1.165) is 43.6 Å². The third kappa shape index (κ3) is 4.34. The van der Waals surface area contributed by atoms with Crippen LogP contribution in [0.4, 0.5) is 0 Å². The van der Waals surface area contributed by atoms with Crippen LogP contribution >= 0.6 is 0 Å². The van der Waals surface area contributed by atoms with Gasteiger partial charge in [-0.1, -0.05) is 19.9 Å². The Labute approximate surface area is 146 Å². The maximum absolute atomic E-state index is 5.44. The fraction of sp³-hybridized carbons (Fsp3) is 0.632. The maximum Gasteiger partial charge on any atom is 0.193 e.